The van der Waals surface area contributed by atoms with Gasteiger partial charge in [0, 0.05) is 18.5 Å². The van der Waals surface area contributed by atoms with Crippen molar-refractivity contribution in [1.82, 2.24) is 4.90 Å². The smallest absolute Gasteiger partial charge is 0.0840 e. The summed E-state index contributed by atoms with van der Waals surface area (Å²) in [6, 6.07) is 21.7. The molecule has 0 aromatic heterocycles. The zero-order chi connectivity index (χ0) is 13.9. The van der Waals surface area contributed by atoms with Gasteiger partial charge in [0.25, 0.3) is 0 Å². The lowest BCUT2D eigenvalue weighted by atomic mass is 9.84. The van der Waals surface area contributed by atoms with Crippen LogP contribution in [0.15, 0.2) is 60.7 Å². The molecule has 0 amide bonds. The molecule has 0 radical (unpaired) electrons. The molecule has 1 nitrogen and oxygen atoms in total. The summed E-state index contributed by atoms with van der Waals surface area (Å²) in [6.45, 7) is 3.22. The fraction of sp³-hybridized carbons (Fsp3) is 0.278. The molecule has 2 heteroatoms. The third kappa shape index (κ3) is 2.61. The second kappa shape index (κ2) is 5.76. The normalized spacial score (nSPS) is 21.6. The van der Waals surface area contributed by atoms with Crippen molar-refractivity contribution in [2.45, 2.75) is 25.9 Å². The van der Waals surface area contributed by atoms with Crippen LogP contribution in [0.1, 0.15) is 18.1 Å². The second-order valence-corrected chi connectivity index (χ2v) is 5.91. The van der Waals surface area contributed by atoms with E-state index in [1.807, 2.05) is 0 Å². The molecule has 20 heavy (non-hydrogen) atoms. The van der Waals surface area contributed by atoms with Crippen LogP contribution < -0.4 is 0 Å². The Labute approximate surface area is 126 Å². The van der Waals surface area contributed by atoms with Gasteiger partial charge in [0.2, 0.25) is 0 Å². The third-order valence-electron chi connectivity index (χ3n) is 4.17. The molecule has 0 bridgehead atoms. The van der Waals surface area contributed by atoms with Gasteiger partial charge in [-0.15, -0.1) is 0 Å². The molecule has 2 aromatic rings. The van der Waals surface area contributed by atoms with E-state index in [-0.39, 0.29) is 0 Å². The van der Waals surface area contributed by atoms with Gasteiger partial charge in [-0.3, -0.25) is 0 Å². The maximum Gasteiger partial charge on any atom is 0.0840 e. The Morgan fingerprint density at radius 3 is 2.00 bits per heavy atom. The maximum atomic E-state index is 5.63. The van der Waals surface area contributed by atoms with Crippen LogP contribution in [0.4, 0.5) is 0 Å². The highest BCUT2D eigenvalue weighted by atomic mass is 32.1. The third-order valence-corrected chi connectivity index (χ3v) is 4.71. The Balaban J connectivity index is 1.63. The molecular formula is C18H19NS. The van der Waals surface area contributed by atoms with E-state index in [0.29, 0.717) is 12.0 Å². The summed E-state index contributed by atoms with van der Waals surface area (Å²) in [5.41, 5.74) is 2.71. The van der Waals surface area contributed by atoms with Gasteiger partial charge in [0.1, 0.15) is 0 Å². The largest absolute Gasteiger partial charge is 0.358 e. The molecule has 1 fully saturated rings. The molecule has 0 aliphatic carbocycles. The van der Waals surface area contributed by atoms with Crippen molar-refractivity contribution in [3.63, 3.8) is 0 Å². The molecule has 2 aromatic carbocycles. The Kier molecular flexibility index (Phi) is 3.83. The highest BCUT2D eigenvalue weighted by Gasteiger charge is 2.40. The predicted octanol–water partition coefficient (Wildman–Crippen LogP) is 4.08. The Morgan fingerprint density at radius 1 is 0.900 bits per heavy atom. The number of benzene rings is 2. The zero-order valence-electron chi connectivity index (χ0n) is 11.7. The average Bonchev–Trinajstić information content (AvgIpc) is 2.52. The molecule has 1 saturated heterocycles. The van der Waals surface area contributed by atoms with Crippen LogP contribution in [0, 0.1) is 5.92 Å². The molecule has 2 unspecified atom stereocenters. The summed E-state index contributed by atoms with van der Waals surface area (Å²) in [5.74, 6) is 0.510. The fourth-order valence-electron chi connectivity index (χ4n) is 2.88. The molecule has 1 heterocycles. The van der Waals surface area contributed by atoms with Crippen molar-refractivity contribution in [2.75, 3.05) is 0 Å². The highest BCUT2D eigenvalue weighted by molar-refractivity contribution is 7.80. The lowest BCUT2D eigenvalue weighted by Crippen LogP contribution is -2.58. The first-order valence-corrected chi connectivity index (χ1v) is 7.55. The lowest BCUT2D eigenvalue weighted by Gasteiger charge is -2.49. The van der Waals surface area contributed by atoms with Crippen LogP contribution in [0.5, 0.6) is 0 Å². The summed E-state index contributed by atoms with van der Waals surface area (Å²) in [6.07, 6.45) is 1.06. The molecular weight excluding hydrogens is 262 g/mol. The summed E-state index contributed by atoms with van der Waals surface area (Å²) < 4.78 is 0. The molecule has 2 atom stereocenters. The van der Waals surface area contributed by atoms with E-state index in [1.54, 1.807) is 0 Å². The first-order valence-electron chi connectivity index (χ1n) is 7.14. The number of nitrogens with zero attached hydrogens (tertiary/aromatic N) is 1. The highest BCUT2D eigenvalue weighted by Crippen LogP contribution is 2.32. The summed E-state index contributed by atoms with van der Waals surface area (Å²) in [4.78, 5) is 3.46. The van der Waals surface area contributed by atoms with Gasteiger partial charge < -0.3 is 4.90 Å². The minimum atomic E-state index is 0.510. The summed E-state index contributed by atoms with van der Waals surface area (Å²) in [7, 11) is 0. The molecule has 3 rings (SSSR count). The van der Waals surface area contributed by atoms with Crippen molar-refractivity contribution in [2.24, 2.45) is 5.92 Å². The molecule has 0 saturated carbocycles. The van der Waals surface area contributed by atoms with E-state index in [1.165, 1.54) is 11.1 Å². The molecule has 1 aliphatic rings. The van der Waals surface area contributed by atoms with Crippen molar-refractivity contribution < 1.29 is 0 Å². The van der Waals surface area contributed by atoms with Crippen LogP contribution in [0.25, 0.3) is 0 Å². The van der Waals surface area contributed by atoms with E-state index in [2.05, 4.69) is 72.5 Å². The van der Waals surface area contributed by atoms with E-state index >= 15 is 0 Å². The van der Waals surface area contributed by atoms with Crippen LogP contribution in [-0.4, -0.2) is 15.9 Å². The van der Waals surface area contributed by atoms with E-state index in [4.69, 9.17) is 12.2 Å². The zero-order valence-corrected chi connectivity index (χ0v) is 12.5. The fourth-order valence-corrected chi connectivity index (χ4v) is 3.39. The molecule has 0 N–H and O–H groups in total. The van der Waals surface area contributed by atoms with Gasteiger partial charge >= 0.3 is 0 Å². The van der Waals surface area contributed by atoms with Crippen molar-refractivity contribution in [1.29, 1.82) is 0 Å². The van der Waals surface area contributed by atoms with Gasteiger partial charge in [-0.1, -0.05) is 72.9 Å². The quantitative estimate of drug-likeness (QED) is 0.777. The first-order chi connectivity index (χ1) is 9.75. The summed E-state index contributed by atoms with van der Waals surface area (Å²) in [5, 5.41) is 0. The lowest BCUT2D eigenvalue weighted by molar-refractivity contribution is 0.192. The van der Waals surface area contributed by atoms with Crippen LogP contribution in [0.2, 0.25) is 0 Å². The van der Waals surface area contributed by atoms with Gasteiger partial charge in [-0.05, 0) is 24.5 Å². The Bertz CT molecular complexity index is 527. The molecule has 0 spiro atoms. The number of likely N-dealkylation sites (tertiary alicyclic amines) is 1. The number of thiocarbonyl (C=S) groups is 1. The van der Waals surface area contributed by atoms with Crippen molar-refractivity contribution >= 4 is 17.2 Å². The first kappa shape index (κ1) is 13.3. The van der Waals surface area contributed by atoms with Crippen LogP contribution in [-0.2, 0) is 13.0 Å². The second-order valence-electron chi connectivity index (χ2n) is 5.49. The van der Waals surface area contributed by atoms with Crippen molar-refractivity contribution in [3.8, 4) is 0 Å². The topological polar surface area (TPSA) is 3.24 Å². The minimum absolute atomic E-state index is 0.510. The molecule has 102 valence electrons. The standard InChI is InChI=1S/C18H19NS/c1-14-17(12-15-8-4-2-5-9-15)18(20)19(14)13-16-10-6-3-7-11-16/h2-11,14,17H,12-13H2,1H3. The van der Waals surface area contributed by atoms with Crippen molar-refractivity contribution in [3.05, 3.63) is 71.8 Å². The van der Waals surface area contributed by atoms with E-state index in [9.17, 15) is 0 Å². The van der Waals surface area contributed by atoms with Crippen LogP contribution >= 0.6 is 12.2 Å². The van der Waals surface area contributed by atoms with Gasteiger partial charge in [-0.2, -0.15) is 0 Å². The summed E-state index contributed by atoms with van der Waals surface area (Å²) >= 11 is 5.63. The van der Waals surface area contributed by atoms with E-state index in [0.717, 1.165) is 18.0 Å². The number of hydrogen-bond donors (Lipinski definition) is 0. The Hall–Kier alpha value is -1.67. The van der Waals surface area contributed by atoms with Gasteiger partial charge in [0.05, 0.1) is 4.99 Å². The number of hydrogen-bond acceptors (Lipinski definition) is 1. The molecule has 1 aliphatic heterocycles. The van der Waals surface area contributed by atoms with Crippen LogP contribution in [0.3, 0.4) is 0 Å². The maximum absolute atomic E-state index is 5.63. The van der Waals surface area contributed by atoms with E-state index < -0.39 is 0 Å². The van der Waals surface area contributed by atoms with Gasteiger partial charge in [-0.25, -0.2) is 0 Å². The average molecular weight is 281 g/mol. The SMILES string of the molecule is CC1C(Cc2ccccc2)C(=S)N1Cc1ccccc1. The predicted molar refractivity (Wildman–Crippen MR) is 87.7 cm³/mol. The minimum Gasteiger partial charge on any atom is -0.358 e. The Morgan fingerprint density at radius 2 is 1.45 bits per heavy atom. The monoisotopic (exact) mass is 281 g/mol. The van der Waals surface area contributed by atoms with Gasteiger partial charge in [0.15, 0.2) is 0 Å². The number of rotatable bonds is 4.